The third-order valence-electron chi connectivity index (χ3n) is 2.94. The van der Waals surface area contributed by atoms with Gasteiger partial charge in [-0.3, -0.25) is 0 Å². The van der Waals surface area contributed by atoms with Crippen molar-refractivity contribution in [2.45, 2.75) is 52.1 Å². The van der Waals surface area contributed by atoms with E-state index in [1.54, 1.807) is 6.92 Å². The Morgan fingerprint density at radius 3 is 2.17 bits per heavy atom. The van der Waals surface area contributed by atoms with Gasteiger partial charge in [-0.1, -0.05) is 5.16 Å². The first-order valence-corrected chi connectivity index (χ1v) is 6.13. The van der Waals surface area contributed by atoms with Gasteiger partial charge >= 0.3 is 0 Å². The minimum atomic E-state index is -0.313. The average molecular weight is 258 g/mol. The fourth-order valence-corrected chi connectivity index (χ4v) is 1.34. The predicted octanol–water partition coefficient (Wildman–Crippen LogP) is 1.42. The van der Waals surface area contributed by atoms with Gasteiger partial charge in [-0.2, -0.15) is 0 Å². The summed E-state index contributed by atoms with van der Waals surface area (Å²) in [5.74, 6) is 0. The van der Waals surface area contributed by atoms with E-state index in [9.17, 15) is 0 Å². The SMILES string of the molecule is C/C(=N\O)C(C)(C)NCCCNC(C)(C)C=NO. The Hall–Kier alpha value is -1.14. The maximum absolute atomic E-state index is 8.74. The largest absolute Gasteiger partial charge is 0.411 e. The normalized spacial score (nSPS) is 14.4. The van der Waals surface area contributed by atoms with Crippen LogP contribution in [0.1, 0.15) is 41.0 Å². The molecule has 0 rings (SSSR count). The lowest BCUT2D eigenvalue weighted by Gasteiger charge is -2.26. The molecule has 0 unspecified atom stereocenters. The maximum atomic E-state index is 8.74. The summed E-state index contributed by atoms with van der Waals surface area (Å²) < 4.78 is 0. The van der Waals surface area contributed by atoms with Gasteiger partial charge < -0.3 is 21.0 Å². The Morgan fingerprint density at radius 2 is 1.67 bits per heavy atom. The molecule has 0 spiro atoms. The summed E-state index contributed by atoms with van der Waals surface area (Å²) in [6.45, 7) is 11.2. The molecule has 18 heavy (non-hydrogen) atoms. The molecule has 106 valence electrons. The van der Waals surface area contributed by atoms with Gasteiger partial charge in [-0.25, -0.2) is 0 Å². The Labute approximate surface area is 109 Å². The molecule has 4 N–H and O–H groups in total. The highest BCUT2D eigenvalue weighted by molar-refractivity contribution is 5.90. The Kier molecular flexibility index (Phi) is 6.86. The Bertz CT molecular complexity index is 298. The van der Waals surface area contributed by atoms with Gasteiger partial charge in [-0.15, -0.1) is 5.16 Å². The molecular formula is C12H26N4O2. The van der Waals surface area contributed by atoms with Crippen LogP contribution in [0.25, 0.3) is 0 Å². The number of oxime groups is 2. The molecule has 0 amide bonds. The highest BCUT2D eigenvalue weighted by atomic mass is 16.4. The van der Waals surface area contributed by atoms with Gasteiger partial charge in [0.05, 0.1) is 23.0 Å². The molecule has 0 aliphatic carbocycles. The lowest BCUT2D eigenvalue weighted by molar-refractivity contribution is 0.310. The fourth-order valence-electron chi connectivity index (χ4n) is 1.34. The van der Waals surface area contributed by atoms with E-state index in [0.717, 1.165) is 19.5 Å². The van der Waals surface area contributed by atoms with Gasteiger partial charge in [0.25, 0.3) is 0 Å². The van der Waals surface area contributed by atoms with E-state index in [1.807, 2.05) is 27.7 Å². The highest BCUT2D eigenvalue weighted by Gasteiger charge is 2.21. The number of rotatable bonds is 8. The van der Waals surface area contributed by atoms with E-state index in [2.05, 4.69) is 20.9 Å². The Balaban J connectivity index is 3.88. The van der Waals surface area contributed by atoms with Crippen molar-refractivity contribution in [3.63, 3.8) is 0 Å². The molecule has 0 saturated carbocycles. The summed E-state index contributed by atoms with van der Waals surface area (Å²) in [6.07, 6.45) is 2.39. The molecule has 6 nitrogen and oxygen atoms in total. The molecule has 0 heterocycles. The molecule has 0 aromatic rings. The molecule has 0 bridgehead atoms. The van der Waals surface area contributed by atoms with Crippen molar-refractivity contribution in [2.75, 3.05) is 13.1 Å². The van der Waals surface area contributed by atoms with Crippen LogP contribution in [0.15, 0.2) is 10.3 Å². The molecule has 0 aromatic heterocycles. The van der Waals surface area contributed by atoms with Crippen LogP contribution in [-0.2, 0) is 0 Å². The van der Waals surface area contributed by atoms with E-state index in [-0.39, 0.29) is 11.1 Å². The minimum Gasteiger partial charge on any atom is -0.411 e. The second-order valence-corrected chi connectivity index (χ2v) is 5.48. The third kappa shape index (κ3) is 6.56. The fraction of sp³-hybridized carbons (Fsp3) is 0.833. The van der Waals surface area contributed by atoms with Crippen molar-refractivity contribution in [1.29, 1.82) is 0 Å². The van der Waals surface area contributed by atoms with Crippen molar-refractivity contribution < 1.29 is 10.4 Å². The van der Waals surface area contributed by atoms with Crippen molar-refractivity contribution in [3.8, 4) is 0 Å². The number of nitrogens with one attached hydrogen (secondary N) is 2. The van der Waals surface area contributed by atoms with Crippen LogP contribution in [0.4, 0.5) is 0 Å². The zero-order valence-electron chi connectivity index (χ0n) is 12.0. The Morgan fingerprint density at radius 1 is 1.11 bits per heavy atom. The van der Waals surface area contributed by atoms with Crippen LogP contribution in [0.3, 0.4) is 0 Å². The second-order valence-electron chi connectivity index (χ2n) is 5.48. The van der Waals surface area contributed by atoms with Gasteiger partial charge in [0, 0.05) is 0 Å². The summed E-state index contributed by atoms with van der Waals surface area (Å²) >= 11 is 0. The average Bonchev–Trinajstić information content (AvgIpc) is 2.27. The van der Waals surface area contributed by atoms with Crippen LogP contribution in [0.5, 0.6) is 0 Å². The van der Waals surface area contributed by atoms with E-state index < -0.39 is 0 Å². The summed E-state index contributed by atoms with van der Waals surface area (Å²) in [7, 11) is 0. The quantitative estimate of drug-likeness (QED) is 0.229. The van der Waals surface area contributed by atoms with Gasteiger partial charge in [0.1, 0.15) is 0 Å². The lowest BCUT2D eigenvalue weighted by atomic mass is 9.99. The smallest absolute Gasteiger partial charge is 0.0734 e. The van der Waals surface area contributed by atoms with Crippen LogP contribution < -0.4 is 10.6 Å². The standard InChI is InChI=1S/C12H26N4O2/c1-10(16-18)12(4,5)14-8-6-7-13-11(2,3)9-15-17/h9,13-14,17-18H,6-8H2,1-5H3/b15-9?,16-10+. The van der Waals surface area contributed by atoms with Crippen molar-refractivity contribution in [3.05, 3.63) is 0 Å². The summed E-state index contributed by atoms with van der Waals surface area (Å²) in [5, 5.41) is 30.0. The molecule has 0 radical (unpaired) electrons. The van der Waals surface area contributed by atoms with E-state index >= 15 is 0 Å². The second kappa shape index (κ2) is 7.33. The maximum Gasteiger partial charge on any atom is 0.0734 e. The predicted molar refractivity (Wildman–Crippen MR) is 74.0 cm³/mol. The first-order chi connectivity index (χ1) is 8.25. The van der Waals surface area contributed by atoms with E-state index in [0.29, 0.717) is 5.71 Å². The summed E-state index contributed by atoms with van der Waals surface area (Å²) in [6, 6.07) is 0. The van der Waals surface area contributed by atoms with Crippen LogP contribution >= 0.6 is 0 Å². The van der Waals surface area contributed by atoms with Crippen molar-refractivity contribution in [1.82, 2.24) is 10.6 Å². The number of nitrogens with zero attached hydrogens (tertiary/aromatic N) is 2. The first-order valence-electron chi connectivity index (χ1n) is 6.13. The zero-order chi connectivity index (χ0) is 14.2. The molecule has 6 heteroatoms. The molecule has 0 aromatic carbocycles. The summed E-state index contributed by atoms with van der Waals surface area (Å²) in [5.41, 5.74) is 0.0343. The van der Waals surface area contributed by atoms with Crippen molar-refractivity contribution >= 4 is 11.9 Å². The van der Waals surface area contributed by atoms with Gasteiger partial charge in [0.15, 0.2) is 0 Å². The monoisotopic (exact) mass is 258 g/mol. The first kappa shape index (κ1) is 16.9. The number of hydrogen-bond donors (Lipinski definition) is 4. The van der Waals surface area contributed by atoms with Gasteiger partial charge in [-0.05, 0) is 54.1 Å². The topological polar surface area (TPSA) is 89.2 Å². The molecule has 0 aliphatic rings. The minimum absolute atomic E-state index is 0.309. The van der Waals surface area contributed by atoms with E-state index in [1.165, 1.54) is 6.21 Å². The van der Waals surface area contributed by atoms with Gasteiger partial charge in [0.2, 0.25) is 0 Å². The molecular weight excluding hydrogens is 232 g/mol. The highest BCUT2D eigenvalue weighted by Crippen LogP contribution is 2.05. The van der Waals surface area contributed by atoms with Crippen LogP contribution in [0, 0.1) is 0 Å². The van der Waals surface area contributed by atoms with Crippen LogP contribution in [-0.4, -0.2) is 46.5 Å². The number of hydrogen-bond acceptors (Lipinski definition) is 6. The van der Waals surface area contributed by atoms with Crippen molar-refractivity contribution in [2.24, 2.45) is 10.3 Å². The molecule has 0 fully saturated rings. The third-order valence-corrected chi connectivity index (χ3v) is 2.94. The molecule has 0 aliphatic heterocycles. The van der Waals surface area contributed by atoms with Crippen LogP contribution in [0.2, 0.25) is 0 Å². The molecule has 0 saturated heterocycles. The summed E-state index contributed by atoms with van der Waals surface area (Å²) in [4.78, 5) is 0. The molecule has 0 atom stereocenters. The lowest BCUT2D eigenvalue weighted by Crippen LogP contribution is -2.47. The van der Waals surface area contributed by atoms with E-state index in [4.69, 9.17) is 10.4 Å². The zero-order valence-corrected chi connectivity index (χ0v) is 12.0.